The predicted octanol–water partition coefficient (Wildman–Crippen LogP) is 1.87. The molecule has 2 N–H and O–H groups in total. The molecule has 1 aromatic rings. The average Bonchev–Trinajstić information content (AvgIpc) is 2.73. The highest BCUT2D eigenvalue weighted by molar-refractivity contribution is 5.53. The van der Waals surface area contributed by atoms with Crippen LogP contribution in [-0.4, -0.2) is 25.1 Å². The van der Waals surface area contributed by atoms with Gasteiger partial charge in [-0.15, -0.1) is 0 Å². The summed E-state index contributed by atoms with van der Waals surface area (Å²) in [6, 6.07) is 6.04. The Labute approximate surface area is 90.8 Å². The Balaban J connectivity index is 2.07. The van der Waals surface area contributed by atoms with Crippen LogP contribution in [0.25, 0.3) is 0 Å². The molecule has 0 aromatic heterocycles. The molecule has 1 aliphatic rings. The molecule has 82 valence electrons. The summed E-state index contributed by atoms with van der Waals surface area (Å²) in [5.41, 5.74) is 7.76. The topological polar surface area (TPSA) is 38.5 Å². The average molecular weight is 206 g/mol. The zero-order chi connectivity index (χ0) is 10.7. The van der Waals surface area contributed by atoms with Gasteiger partial charge in [-0.1, -0.05) is 6.07 Å². The lowest BCUT2D eigenvalue weighted by Gasteiger charge is -2.15. The molecule has 3 heteroatoms. The fourth-order valence-corrected chi connectivity index (χ4v) is 2.05. The van der Waals surface area contributed by atoms with Crippen LogP contribution in [0.15, 0.2) is 18.2 Å². The van der Waals surface area contributed by atoms with E-state index in [1.165, 1.54) is 31.5 Å². The van der Waals surface area contributed by atoms with E-state index < -0.39 is 0 Å². The molecule has 0 atom stereocenters. The second kappa shape index (κ2) is 4.53. The summed E-state index contributed by atoms with van der Waals surface area (Å²) in [6.45, 7) is 3.44. The number of ether oxygens (including phenoxy) is 1. The van der Waals surface area contributed by atoms with Crippen LogP contribution in [0.3, 0.4) is 0 Å². The lowest BCUT2D eigenvalue weighted by Crippen LogP contribution is -2.18. The second-order valence-corrected chi connectivity index (χ2v) is 4.06. The largest absolute Gasteiger partial charge is 0.495 e. The SMILES string of the molecule is COc1cc(CN2CCCC2)ccc1N. The van der Waals surface area contributed by atoms with Gasteiger partial charge in [0.25, 0.3) is 0 Å². The summed E-state index contributed by atoms with van der Waals surface area (Å²) in [5, 5.41) is 0. The zero-order valence-corrected chi connectivity index (χ0v) is 9.20. The molecular formula is C12H18N2O. The highest BCUT2D eigenvalue weighted by Crippen LogP contribution is 2.23. The van der Waals surface area contributed by atoms with Crippen molar-refractivity contribution < 1.29 is 4.74 Å². The molecule has 15 heavy (non-hydrogen) atoms. The number of nitrogens with two attached hydrogens (primary N) is 1. The van der Waals surface area contributed by atoms with Gasteiger partial charge < -0.3 is 10.5 Å². The minimum Gasteiger partial charge on any atom is -0.495 e. The molecular weight excluding hydrogens is 188 g/mol. The van der Waals surface area contributed by atoms with E-state index in [4.69, 9.17) is 10.5 Å². The van der Waals surface area contributed by atoms with Crippen molar-refractivity contribution in [2.24, 2.45) is 0 Å². The van der Waals surface area contributed by atoms with E-state index in [-0.39, 0.29) is 0 Å². The van der Waals surface area contributed by atoms with Gasteiger partial charge in [-0.25, -0.2) is 0 Å². The predicted molar refractivity (Wildman–Crippen MR) is 61.9 cm³/mol. The molecule has 1 fully saturated rings. The first-order chi connectivity index (χ1) is 7.29. The van der Waals surface area contributed by atoms with Crippen molar-refractivity contribution in [3.05, 3.63) is 23.8 Å². The third kappa shape index (κ3) is 2.42. The van der Waals surface area contributed by atoms with Gasteiger partial charge in [0.05, 0.1) is 12.8 Å². The minimum absolute atomic E-state index is 0.711. The Morgan fingerprint density at radius 1 is 1.33 bits per heavy atom. The van der Waals surface area contributed by atoms with Crippen LogP contribution in [0.1, 0.15) is 18.4 Å². The van der Waals surface area contributed by atoms with Crippen molar-refractivity contribution in [1.82, 2.24) is 4.90 Å². The molecule has 1 heterocycles. The van der Waals surface area contributed by atoms with Crippen LogP contribution in [0.5, 0.6) is 5.75 Å². The lowest BCUT2D eigenvalue weighted by atomic mass is 10.2. The van der Waals surface area contributed by atoms with Crippen molar-refractivity contribution >= 4 is 5.69 Å². The molecule has 0 bridgehead atoms. The van der Waals surface area contributed by atoms with Crippen LogP contribution in [0.4, 0.5) is 5.69 Å². The number of benzene rings is 1. The highest BCUT2D eigenvalue weighted by Gasteiger charge is 2.12. The van der Waals surface area contributed by atoms with E-state index in [2.05, 4.69) is 11.0 Å². The Morgan fingerprint density at radius 3 is 2.73 bits per heavy atom. The van der Waals surface area contributed by atoms with E-state index >= 15 is 0 Å². The van der Waals surface area contributed by atoms with Crippen LogP contribution in [0.2, 0.25) is 0 Å². The Morgan fingerprint density at radius 2 is 2.07 bits per heavy atom. The molecule has 0 radical (unpaired) electrons. The van der Waals surface area contributed by atoms with Crippen LogP contribution in [-0.2, 0) is 6.54 Å². The van der Waals surface area contributed by atoms with Gasteiger partial charge in [-0.3, -0.25) is 4.90 Å². The minimum atomic E-state index is 0.711. The molecule has 0 unspecified atom stereocenters. The molecule has 0 spiro atoms. The van der Waals surface area contributed by atoms with E-state index in [1.54, 1.807) is 7.11 Å². The Hall–Kier alpha value is -1.22. The number of rotatable bonds is 3. The number of nitrogens with zero attached hydrogens (tertiary/aromatic N) is 1. The van der Waals surface area contributed by atoms with Gasteiger partial charge in [-0.05, 0) is 43.6 Å². The number of methoxy groups -OCH3 is 1. The number of hydrogen-bond acceptors (Lipinski definition) is 3. The first-order valence-electron chi connectivity index (χ1n) is 5.44. The summed E-state index contributed by atoms with van der Waals surface area (Å²) >= 11 is 0. The van der Waals surface area contributed by atoms with Crippen LogP contribution in [0, 0.1) is 0 Å². The third-order valence-electron chi connectivity index (χ3n) is 2.90. The zero-order valence-electron chi connectivity index (χ0n) is 9.20. The van der Waals surface area contributed by atoms with Crippen molar-refractivity contribution in [3.63, 3.8) is 0 Å². The summed E-state index contributed by atoms with van der Waals surface area (Å²) in [7, 11) is 1.66. The number of anilines is 1. The van der Waals surface area contributed by atoms with Crippen LogP contribution >= 0.6 is 0 Å². The standard InChI is InChI=1S/C12H18N2O/c1-15-12-8-10(4-5-11(12)13)9-14-6-2-3-7-14/h4-5,8H,2-3,6-7,9,13H2,1H3. The van der Waals surface area contributed by atoms with Crippen molar-refractivity contribution in [1.29, 1.82) is 0 Å². The molecule has 0 saturated carbocycles. The van der Waals surface area contributed by atoms with Gasteiger partial charge in [0.2, 0.25) is 0 Å². The van der Waals surface area contributed by atoms with Gasteiger partial charge in [0.15, 0.2) is 0 Å². The summed E-state index contributed by atoms with van der Waals surface area (Å²) in [6.07, 6.45) is 2.65. The van der Waals surface area contributed by atoms with Gasteiger partial charge in [0, 0.05) is 6.54 Å². The number of nitrogen functional groups attached to an aromatic ring is 1. The first kappa shape index (κ1) is 10.3. The second-order valence-electron chi connectivity index (χ2n) is 4.06. The monoisotopic (exact) mass is 206 g/mol. The lowest BCUT2D eigenvalue weighted by molar-refractivity contribution is 0.330. The fourth-order valence-electron chi connectivity index (χ4n) is 2.05. The number of likely N-dealkylation sites (tertiary alicyclic amines) is 1. The van der Waals surface area contributed by atoms with Gasteiger partial charge in [-0.2, -0.15) is 0 Å². The quantitative estimate of drug-likeness (QED) is 0.767. The molecule has 2 rings (SSSR count). The van der Waals surface area contributed by atoms with E-state index in [1.807, 2.05) is 12.1 Å². The molecule has 0 amide bonds. The molecule has 1 saturated heterocycles. The summed E-state index contributed by atoms with van der Waals surface area (Å²) in [5.74, 6) is 0.784. The summed E-state index contributed by atoms with van der Waals surface area (Å²) < 4.78 is 5.21. The van der Waals surface area contributed by atoms with Gasteiger partial charge in [0.1, 0.15) is 5.75 Å². The Kier molecular flexibility index (Phi) is 3.11. The molecule has 1 aromatic carbocycles. The van der Waals surface area contributed by atoms with Crippen molar-refractivity contribution in [3.8, 4) is 5.75 Å². The van der Waals surface area contributed by atoms with E-state index in [0.717, 1.165) is 12.3 Å². The summed E-state index contributed by atoms with van der Waals surface area (Å²) in [4.78, 5) is 2.46. The van der Waals surface area contributed by atoms with Crippen molar-refractivity contribution in [2.45, 2.75) is 19.4 Å². The molecule has 3 nitrogen and oxygen atoms in total. The smallest absolute Gasteiger partial charge is 0.142 e. The fraction of sp³-hybridized carbons (Fsp3) is 0.500. The Bertz CT molecular complexity index is 332. The third-order valence-corrected chi connectivity index (χ3v) is 2.90. The maximum absolute atomic E-state index is 5.77. The molecule has 0 aliphatic carbocycles. The van der Waals surface area contributed by atoms with E-state index in [9.17, 15) is 0 Å². The normalized spacial score (nSPS) is 16.9. The van der Waals surface area contributed by atoms with Crippen LogP contribution < -0.4 is 10.5 Å². The highest BCUT2D eigenvalue weighted by atomic mass is 16.5. The van der Waals surface area contributed by atoms with Gasteiger partial charge >= 0.3 is 0 Å². The molecule has 1 aliphatic heterocycles. The maximum Gasteiger partial charge on any atom is 0.142 e. The maximum atomic E-state index is 5.77. The number of hydrogen-bond donors (Lipinski definition) is 1. The van der Waals surface area contributed by atoms with E-state index in [0.29, 0.717) is 5.69 Å². The van der Waals surface area contributed by atoms with Crippen molar-refractivity contribution in [2.75, 3.05) is 25.9 Å². The first-order valence-corrected chi connectivity index (χ1v) is 5.44.